The number of carbonyl (C=O) groups is 1. The third-order valence-electron chi connectivity index (χ3n) is 1.02. The van der Waals surface area contributed by atoms with Crippen LogP contribution in [0.5, 0.6) is 0 Å². The van der Waals surface area contributed by atoms with E-state index in [2.05, 4.69) is 5.32 Å². The Kier molecular flexibility index (Phi) is 4.82. The van der Waals surface area contributed by atoms with Crippen LogP contribution in [0.2, 0.25) is 0 Å². The zero-order chi connectivity index (χ0) is 7.98. The van der Waals surface area contributed by atoms with Gasteiger partial charge in [0.15, 0.2) is 0 Å². The molecule has 0 radical (unpaired) electrons. The largest absolute Gasteiger partial charge is 0.480 e. The van der Waals surface area contributed by atoms with Crippen LogP contribution >= 0.6 is 0 Å². The van der Waals surface area contributed by atoms with E-state index in [4.69, 9.17) is 15.9 Å². The fourth-order valence-electron chi connectivity index (χ4n) is 0.488. The molecule has 0 fully saturated rings. The van der Waals surface area contributed by atoms with Gasteiger partial charge in [-0.3, -0.25) is 4.79 Å². The molecular formula is C5H12N2O3. The minimum Gasteiger partial charge on any atom is -0.480 e. The highest BCUT2D eigenvalue weighted by atomic mass is 16.4. The second-order valence-electron chi connectivity index (χ2n) is 1.82. The van der Waals surface area contributed by atoms with Crippen molar-refractivity contribution in [1.82, 2.24) is 5.32 Å². The number of aliphatic carboxylic acids is 1. The number of rotatable bonds is 5. The summed E-state index contributed by atoms with van der Waals surface area (Å²) in [7, 11) is 0. The van der Waals surface area contributed by atoms with Crippen LogP contribution in [-0.4, -0.2) is 41.9 Å². The fourth-order valence-corrected chi connectivity index (χ4v) is 0.488. The first kappa shape index (κ1) is 9.35. The van der Waals surface area contributed by atoms with Crippen molar-refractivity contribution < 1.29 is 15.0 Å². The smallest absolute Gasteiger partial charge is 0.323 e. The quantitative estimate of drug-likeness (QED) is 0.361. The van der Waals surface area contributed by atoms with Gasteiger partial charge in [0.2, 0.25) is 0 Å². The van der Waals surface area contributed by atoms with E-state index in [-0.39, 0.29) is 0 Å². The van der Waals surface area contributed by atoms with Crippen molar-refractivity contribution in [3.63, 3.8) is 0 Å². The van der Waals surface area contributed by atoms with E-state index < -0.39 is 18.6 Å². The maximum absolute atomic E-state index is 10.2. The van der Waals surface area contributed by atoms with E-state index >= 15 is 0 Å². The van der Waals surface area contributed by atoms with Crippen LogP contribution in [-0.2, 0) is 4.79 Å². The van der Waals surface area contributed by atoms with Gasteiger partial charge in [0, 0.05) is 13.1 Å². The number of carboxylic acids is 1. The van der Waals surface area contributed by atoms with Gasteiger partial charge in [-0.05, 0) is 0 Å². The molecule has 0 unspecified atom stereocenters. The summed E-state index contributed by atoms with van der Waals surface area (Å²) in [6.07, 6.45) is 0. The van der Waals surface area contributed by atoms with E-state index in [1.54, 1.807) is 0 Å². The Hall–Kier alpha value is -0.650. The molecule has 0 bridgehead atoms. The Bertz CT molecular complexity index is 107. The van der Waals surface area contributed by atoms with Crippen LogP contribution in [0.1, 0.15) is 0 Å². The van der Waals surface area contributed by atoms with Gasteiger partial charge in [0.05, 0.1) is 6.61 Å². The summed E-state index contributed by atoms with van der Waals surface area (Å²) in [4.78, 5) is 10.2. The summed E-state index contributed by atoms with van der Waals surface area (Å²) in [5, 5.41) is 19.3. The van der Waals surface area contributed by atoms with Gasteiger partial charge in [-0.15, -0.1) is 0 Å². The predicted molar refractivity (Wildman–Crippen MR) is 35.6 cm³/mol. The van der Waals surface area contributed by atoms with Gasteiger partial charge in [0.25, 0.3) is 0 Å². The molecule has 0 spiro atoms. The van der Waals surface area contributed by atoms with Crippen molar-refractivity contribution in [1.29, 1.82) is 0 Å². The maximum atomic E-state index is 10.2. The number of hydrogen-bond acceptors (Lipinski definition) is 4. The summed E-state index contributed by atoms with van der Waals surface area (Å²) >= 11 is 0. The number of aliphatic hydroxyl groups excluding tert-OH is 1. The van der Waals surface area contributed by atoms with Gasteiger partial charge >= 0.3 is 5.97 Å². The predicted octanol–water partition coefficient (Wildman–Crippen LogP) is -2.02. The van der Waals surface area contributed by atoms with Crippen molar-refractivity contribution in [2.24, 2.45) is 5.73 Å². The Morgan fingerprint density at radius 3 is 2.60 bits per heavy atom. The number of nitrogens with two attached hydrogens (primary N) is 1. The highest BCUT2D eigenvalue weighted by Gasteiger charge is 2.13. The molecule has 0 aromatic heterocycles. The Balaban J connectivity index is 3.50. The van der Waals surface area contributed by atoms with E-state index in [1.807, 2.05) is 0 Å². The minimum atomic E-state index is -1.06. The number of carboxylic acid groups (broad SMARTS) is 1. The third-order valence-corrected chi connectivity index (χ3v) is 1.02. The Morgan fingerprint density at radius 2 is 2.30 bits per heavy atom. The summed E-state index contributed by atoms with van der Waals surface area (Å²) in [6, 6.07) is -0.886. The van der Waals surface area contributed by atoms with E-state index in [0.29, 0.717) is 13.1 Å². The van der Waals surface area contributed by atoms with Crippen molar-refractivity contribution >= 4 is 5.97 Å². The zero-order valence-corrected chi connectivity index (χ0v) is 5.58. The first-order valence-electron chi connectivity index (χ1n) is 2.99. The van der Waals surface area contributed by atoms with Gasteiger partial charge < -0.3 is 21.3 Å². The van der Waals surface area contributed by atoms with Gasteiger partial charge in [-0.2, -0.15) is 0 Å². The molecule has 0 amide bonds. The monoisotopic (exact) mass is 148 g/mol. The first-order valence-corrected chi connectivity index (χ1v) is 2.99. The van der Waals surface area contributed by atoms with Crippen LogP contribution < -0.4 is 11.1 Å². The average Bonchev–Trinajstić information content (AvgIpc) is 1.89. The number of hydrogen-bond donors (Lipinski definition) is 4. The van der Waals surface area contributed by atoms with Gasteiger partial charge in [-0.1, -0.05) is 0 Å². The maximum Gasteiger partial charge on any atom is 0.323 e. The van der Waals surface area contributed by atoms with Crippen LogP contribution in [0.3, 0.4) is 0 Å². The molecule has 0 heterocycles. The number of nitrogens with one attached hydrogen (secondary N) is 1. The molecule has 5 N–H and O–H groups in total. The van der Waals surface area contributed by atoms with Crippen molar-refractivity contribution in [3.05, 3.63) is 0 Å². The fraction of sp³-hybridized carbons (Fsp3) is 0.800. The van der Waals surface area contributed by atoms with Crippen LogP contribution in [0.15, 0.2) is 0 Å². The van der Waals surface area contributed by atoms with Crippen molar-refractivity contribution in [2.45, 2.75) is 6.04 Å². The SMILES string of the molecule is NCCN[C@@H](CO)C(=O)O. The van der Waals surface area contributed by atoms with Crippen LogP contribution in [0, 0.1) is 0 Å². The molecule has 0 rings (SSSR count). The molecule has 0 aromatic rings. The molecule has 0 aliphatic heterocycles. The summed E-state index contributed by atoms with van der Waals surface area (Å²) < 4.78 is 0. The molecule has 5 heteroatoms. The third kappa shape index (κ3) is 3.39. The lowest BCUT2D eigenvalue weighted by Gasteiger charge is -2.09. The minimum absolute atomic E-state index is 0.365. The molecule has 0 saturated carbocycles. The summed E-state index contributed by atoms with van der Waals surface area (Å²) in [5.74, 6) is -1.06. The molecule has 5 nitrogen and oxygen atoms in total. The molecule has 0 aliphatic rings. The number of aliphatic hydroxyl groups is 1. The van der Waals surface area contributed by atoms with Crippen LogP contribution in [0.4, 0.5) is 0 Å². The molecule has 1 atom stereocenters. The second-order valence-corrected chi connectivity index (χ2v) is 1.82. The summed E-state index contributed by atoms with van der Waals surface area (Å²) in [5.41, 5.74) is 5.09. The standard InChI is InChI=1S/C5H12N2O3/c6-1-2-7-4(3-8)5(9)10/h4,7-8H,1-3,6H2,(H,9,10)/t4-/m0/s1. The topological polar surface area (TPSA) is 95.6 Å². The average molecular weight is 148 g/mol. The van der Waals surface area contributed by atoms with Crippen molar-refractivity contribution in [2.75, 3.05) is 19.7 Å². The molecule has 10 heavy (non-hydrogen) atoms. The summed E-state index contributed by atoms with van der Waals surface area (Å²) in [6.45, 7) is 0.358. The second kappa shape index (κ2) is 5.16. The Labute approximate surface area is 58.8 Å². The Morgan fingerprint density at radius 1 is 1.70 bits per heavy atom. The van der Waals surface area contributed by atoms with E-state index in [0.717, 1.165) is 0 Å². The molecular weight excluding hydrogens is 136 g/mol. The van der Waals surface area contributed by atoms with Crippen LogP contribution in [0.25, 0.3) is 0 Å². The van der Waals surface area contributed by atoms with Gasteiger partial charge in [0.1, 0.15) is 6.04 Å². The van der Waals surface area contributed by atoms with Gasteiger partial charge in [-0.25, -0.2) is 0 Å². The van der Waals surface area contributed by atoms with E-state index in [9.17, 15) is 4.79 Å². The molecule has 0 aromatic carbocycles. The van der Waals surface area contributed by atoms with Crippen molar-refractivity contribution in [3.8, 4) is 0 Å². The lowest BCUT2D eigenvalue weighted by molar-refractivity contribution is -0.140. The lowest BCUT2D eigenvalue weighted by Crippen LogP contribution is -2.41. The normalized spacial score (nSPS) is 13.0. The highest BCUT2D eigenvalue weighted by Crippen LogP contribution is 1.79. The molecule has 0 aliphatic carbocycles. The first-order chi connectivity index (χ1) is 4.72. The molecule has 60 valence electrons. The lowest BCUT2D eigenvalue weighted by atomic mass is 10.3. The zero-order valence-electron chi connectivity index (χ0n) is 5.58. The highest BCUT2D eigenvalue weighted by molar-refractivity contribution is 5.73. The molecule has 0 saturated heterocycles. The van der Waals surface area contributed by atoms with E-state index in [1.165, 1.54) is 0 Å².